The first-order valence-electron chi connectivity index (χ1n) is 16.7. The number of hydrogen-bond donors (Lipinski definition) is 0. The summed E-state index contributed by atoms with van der Waals surface area (Å²) in [5.74, 6) is 1.67. The third kappa shape index (κ3) is 8.80. The van der Waals surface area contributed by atoms with Gasteiger partial charge in [-0.15, -0.1) is 0 Å². The van der Waals surface area contributed by atoms with Crippen LogP contribution in [-0.2, 0) is 16.1 Å². The van der Waals surface area contributed by atoms with Crippen LogP contribution in [0.5, 0.6) is 23.0 Å². The number of carbonyl (C=O) groups is 1. The molecule has 7 heteroatoms. The Hall–Kier alpha value is -5.37. The zero-order valence-electron chi connectivity index (χ0n) is 28.9. The third-order valence-corrected chi connectivity index (χ3v) is 8.46. The van der Waals surface area contributed by atoms with Gasteiger partial charge in [-0.2, -0.15) is 0 Å². The molecule has 1 atom stereocenters. The molecule has 0 bridgehead atoms. The fraction of sp³-hybridized carbons (Fsp3) is 0.233. The fourth-order valence-electron chi connectivity index (χ4n) is 5.83. The van der Waals surface area contributed by atoms with Crippen LogP contribution in [0.25, 0.3) is 11.1 Å². The minimum absolute atomic E-state index is 0.107. The molecule has 1 aliphatic rings. The van der Waals surface area contributed by atoms with E-state index in [0.29, 0.717) is 42.6 Å². The van der Waals surface area contributed by atoms with E-state index < -0.39 is 5.79 Å². The van der Waals surface area contributed by atoms with Gasteiger partial charge >= 0.3 is 0 Å². The van der Waals surface area contributed by atoms with Gasteiger partial charge in [0, 0.05) is 5.56 Å². The zero-order valence-corrected chi connectivity index (χ0v) is 28.9. The Morgan fingerprint density at radius 2 is 1.30 bits per heavy atom. The average Bonchev–Trinajstić information content (AvgIpc) is 3.51. The van der Waals surface area contributed by atoms with Gasteiger partial charge in [-0.05, 0) is 96.6 Å². The highest BCUT2D eigenvalue weighted by molar-refractivity contribution is 5.98. The van der Waals surface area contributed by atoms with Gasteiger partial charge in [0.05, 0.1) is 13.7 Å². The molecule has 1 fully saturated rings. The van der Waals surface area contributed by atoms with E-state index in [1.807, 2.05) is 98.8 Å². The van der Waals surface area contributed by atoms with Crippen LogP contribution >= 0.6 is 0 Å². The summed E-state index contributed by atoms with van der Waals surface area (Å²) in [4.78, 5) is 13.1. The standard InChI is InChI=1S/C43H42O7/c1-30(32-13-9-6-10-14-32)42(33-15-20-36(21-16-33)46-27-38-28-49-43(2,3)50-38)34-17-22-37(23-18-34)47-29-39(44)35-19-24-40(41(25-35)45-4)48-26-31-11-7-5-8-12-31/h5-25,38H,26-29H2,1-4H3/b42-30+. The largest absolute Gasteiger partial charge is 0.493 e. The van der Waals surface area contributed by atoms with Crippen LogP contribution in [0.2, 0.25) is 0 Å². The number of rotatable bonds is 14. The molecule has 1 saturated heterocycles. The number of Topliss-reactive ketones (excluding diaryl/α,β-unsaturated/α-hetero) is 1. The van der Waals surface area contributed by atoms with Crippen molar-refractivity contribution >= 4 is 16.9 Å². The topological polar surface area (TPSA) is 72.5 Å². The van der Waals surface area contributed by atoms with Crippen LogP contribution in [0.15, 0.2) is 127 Å². The summed E-state index contributed by atoms with van der Waals surface area (Å²) in [7, 11) is 1.56. The van der Waals surface area contributed by atoms with E-state index in [4.69, 9.17) is 28.4 Å². The van der Waals surface area contributed by atoms with E-state index >= 15 is 0 Å². The maximum absolute atomic E-state index is 13.1. The van der Waals surface area contributed by atoms with E-state index in [2.05, 4.69) is 31.2 Å². The molecule has 0 spiro atoms. The molecule has 0 N–H and O–H groups in total. The van der Waals surface area contributed by atoms with Gasteiger partial charge in [0.2, 0.25) is 0 Å². The molecule has 1 unspecified atom stereocenters. The lowest BCUT2D eigenvalue weighted by Crippen LogP contribution is -2.25. The summed E-state index contributed by atoms with van der Waals surface area (Å²) in [5.41, 5.74) is 6.94. The van der Waals surface area contributed by atoms with E-state index in [0.717, 1.165) is 39.1 Å². The molecule has 50 heavy (non-hydrogen) atoms. The van der Waals surface area contributed by atoms with Crippen LogP contribution in [0.3, 0.4) is 0 Å². The maximum Gasteiger partial charge on any atom is 0.200 e. The molecule has 0 aromatic heterocycles. The SMILES string of the molecule is COc1cc(C(=O)COc2ccc(/C(=C(\C)c3ccccc3)c3ccc(OCC4COC(C)(C)O4)cc3)cc2)ccc1OCc1ccccc1. The number of ketones is 1. The molecule has 6 rings (SSSR count). The van der Waals surface area contributed by atoms with Crippen LogP contribution in [-0.4, -0.2) is 44.6 Å². The molecule has 5 aromatic rings. The fourth-order valence-corrected chi connectivity index (χ4v) is 5.83. The van der Waals surface area contributed by atoms with Crippen molar-refractivity contribution in [1.29, 1.82) is 0 Å². The molecule has 1 aliphatic heterocycles. The van der Waals surface area contributed by atoms with Gasteiger partial charge in [-0.25, -0.2) is 0 Å². The Bertz CT molecular complexity index is 1900. The van der Waals surface area contributed by atoms with Crippen LogP contribution in [0, 0.1) is 0 Å². The second-order valence-electron chi connectivity index (χ2n) is 12.5. The van der Waals surface area contributed by atoms with Gasteiger partial charge in [0.25, 0.3) is 0 Å². The van der Waals surface area contributed by atoms with E-state index in [-0.39, 0.29) is 18.5 Å². The highest BCUT2D eigenvalue weighted by atomic mass is 16.7. The Balaban J connectivity index is 1.13. The number of benzene rings is 5. The van der Waals surface area contributed by atoms with Gasteiger partial charge in [-0.1, -0.05) is 84.9 Å². The number of methoxy groups -OCH3 is 1. The number of allylic oxidation sites excluding steroid dienone is 1. The third-order valence-electron chi connectivity index (χ3n) is 8.46. The van der Waals surface area contributed by atoms with Crippen molar-refractivity contribution < 1.29 is 33.2 Å². The number of carbonyl (C=O) groups excluding carboxylic acids is 1. The lowest BCUT2D eigenvalue weighted by Gasteiger charge is -2.18. The maximum atomic E-state index is 13.1. The van der Waals surface area contributed by atoms with Crippen molar-refractivity contribution in [3.05, 3.63) is 155 Å². The van der Waals surface area contributed by atoms with Gasteiger partial charge in [-0.3, -0.25) is 4.79 Å². The molecule has 1 heterocycles. The molecule has 7 nitrogen and oxygen atoms in total. The van der Waals surface area contributed by atoms with Crippen molar-refractivity contribution in [2.75, 3.05) is 26.9 Å². The van der Waals surface area contributed by atoms with Crippen LogP contribution in [0.1, 0.15) is 53.4 Å². The normalized spacial score (nSPS) is 15.6. The highest BCUT2D eigenvalue weighted by Gasteiger charge is 2.33. The highest BCUT2D eigenvalue weighted by Crippen LogP contribution is 2.34. The van der Waals surface area contributed by atoms with Crippen molar-refractivity contribution in [3.8, 4) is 23.0 Å². The van der Waals surface area contributed by atoms with E-state index in [9.17, 15) is 4.79 Å². The molecular formula is C43H42O7. The lowest BCUT2D eigenvalue weighted by molar-refractivity contribution is -0.141. The predicted molar refractivity (Wildman–Crippen MR) is 195 cm³/mol. The Morgan fingerprint density at radius 3 is 1.90 bits per heavy atom. The van der Waals surface area contributed by atoms with E-state index in [1.54, 1.807) is 25.3 Å². The molecule has 0 radical (unpaired) electrons. The monoisotopic (exact) mass is 670 g/mol. The summed E-state index contributed by atoms with van der Waals surface area (Å²) in [6.45, 7) is 7.15. The van der Waals surface area contributed by atoms with Crippen molar-refractivity contribution in [3.63, 3.8) is 0 Å². The second kappa shape index (κ2) is 15.9. The molecule has 0 amide bonds. The zero-order chi connectivity index (χ0) is 34.9. The smallest absolute Gasteiger partial charge is 0.200 e. The molecular weight excluding hydrogens is 628 g/mol. The summed E-state index contributed by atoms with van der Waals surface area (Å²) in [6.07, 6.45) is -0.107. The average molecular weight is 671 g/mol. The molecule has 5 aromatic carbocycles. The van der Waals surface area contributed by atoms with Gasteiger partial charge in [0.1, 0.15) is 30.8 Å². The predicted octanol–water partition coefficient (Wildman–Crippen LogP) is 9.05. The van der Waals surface area contributed by atoms with Crippen molar-refractivity contribution in [2.45, 2.75) is 39.3 Å². The number of ether oxygens (including phenoxy) is 6. The first kappa shape index (κ1) is 34.5. The summed E-state index contributed by atoms with van der Waals surface area (Å²) in [6, 6.07) is 41.3. The number of hydrogen-bond acceptors (Lipinski definition) is 7. The summed E-state index contributed by atoms with van der Waals surface area (Å²) >= 11 is 0. The lowest BCUT2D eigenvalue weighted by atomic mass is 9.90. The first-order chi connectivity index (χ1) is 24.3. The summed E-state index contributed by atoms with van der Waals surface area (Å²) < 4.78 is 35.0. The van der Waals surface area contributed by atoms with Crippen molar-refractivity contribution in [2.24, 2.45) is 0 Å². The molecule has 0 saturated carbocycles. The van der Waals surface area contributed by atoms with Crippen molar-refractivity contribution in [1.82, 2.24) is 0 Å². The second-order valence-corrected chi connectivity index (χ2v) is 12.5. The minimum atomic E-state index is -0.581. The Morgan fingerprint density at radius 1 is 0.700 bits per heavy atom. The first-order valence-corrected chi connectivity index (χ1v) is 16.7. The van der Waals surface area contributed by atoms with Crippen LogP contribution in [0.4, 0.5) is 0 Å². The quantitative estimate of drug-likeness (QED) is 0.0862. The van der Waals surface area contributed by atoms with Gasteiger partial charge in [0.15, 0.2) is 29.7 Å². The Labute approximate surface area is 294 Å². The van der Waals surface area contributed by atoms with Crippen LogP contribution < -0.4 is 18.9 Å². The Kier molecular flexibility index (Phi) is 11.0. The minimum Gasteiger partial charge on any atom is -0.493 e. The molecule has 256 valence electrons. The summed E-state index contributed by atoms with van der Waals surface area (Å²) in [5, 5.41) is 0. The molecule has 0 aliphatic carbocycles. The van der Waals surface area contributed by atoms with E-state index in [1.165, 1.54) is 0 Å². The van der Waals surface area contributed by atoms with Gasteiger partial charge < -0.3 is 28.4 Å².